The predicted octanol–water partition coefficient (Wildman–Crippen LogP) is 4.30. The number of hydrogen-bond acceptors (Lipinski definition) is 6. The Morgan fingerprint density at radius 1 is 1.20 bits per heavy atom. The second-order valence-electron chi connectivity index (χ2n) is 8.79. The summed E-state index contributed by atoms with van der Waals surface area (Å²) in [5.41, 5.74) is -4.29. The Labute approximate surface area is 202 Å². The minimum absolute atomic E-state index is 0.106. The molecule has 4 heterocycles. The van der Waals surface area contributed by atoms with Gasteiger partial charge in [0.15, 0.2) is 0 Å². The standard InChI is InChI=1S/C24H17ClF3N3O4/c1-22-6-7-23(35-22,8-9-34-17-5-3-14(25)12-30-17)19-18(22)20(32)31(21(19)33)15-4-2-13(11-29)16(10-15)24(26,27)28/h2-7,10,12,18-19H,8-9H2,1H3/t18-,19+,22?,23?/m1/s1. The van der Waals surface area contributed by atoms with E-state index in [0.29, 0.717) is 17.0 Å². The predicted molar refractivity (Wildman–Crippen MR) is 116 cm³/mol. The average molecular weight is 504 g/mol. The van der Waals surface area contributed by atoms with Gasteiger partial charge in [-0.25, -0.2) is 9.88 Å². The van der Waals surface area contributed by atoms with Crippen LogP contribution in [-0.2, 0) is 20.5 Å². The maximum atomic E-state index is 13.5. The van der Waals surface area contributed by atoms with Crippen LogP contribution in [0.3, 0.4) is 0 Å². The number of aromatic nitrogens is 1. The first kappa shape index (κ1) is 23.3. The molecule has 2 aromatic rings. The highest BCUT2D eigenvalue weighted by Gasteiger charge is 2.72. The van der Waals surface area contributed by atoms with Crippen LogP contribution >= 0.6 is 11.6 Å². The number of carbonyl (C=O) groups excluding carboxylic acids is 2. The molecule has 11 heteroatoms. The van der Waals surface area contributed by atoms with Crippen LogP contribution in [0.4, 0.5) is 18.9 Å². The summed E-state index contributed by atoms with van der Waals surface area (Å²) in [4.78, 5) is 31.7. The molecule has 1 aromatic carbocycles. The molecule has 0 radical (unpaired) electrons. The Morgan fingerprint density at radius 3 is 2.60 bits per heavy atom. The largest absolute Gasteiger partial charge is 0.478 e. The number of hydrogen-bond donors (Lipinski definition) is 0. The van der Waals surface area contributed by atoms with Crippen LogP contribution in [0.5, 0.6) is 5.88 Å². The van der Waals surface area contributed by atoms with Crippen molar-refractivity contribution in [2.75, 3.05) is 11.5 Å². The van der Waals surface area contributed by atoms with Crippen molar-refractivity contribution in [3.63, 3.8) is 0 Å². The minimum Gasteiger partial charge on any atom is -0.478 e. The van der Waals surface area contributed by atoms with E-state index in [4.69, 9.17) is 26.3 Å². The van der Waals surface area contributed by atoms with E-state index in [2.05, 4.69) is 4.98 Å². The maximum Gasteiger partial charge on any atom is 0.417 e. The number of carbonyl (C=O) groups is 2. The number of ether oxygens (including phenoxy) is 2. The first-order valence-electron chi connectivity index (χ1n) is 10.6. The van der Waals surface area contributed by atoms with Crippen molar-refractivity contribution in [2.24, 2.45) is 11.8 Å². The molecular weight excluding hydrogens is 487 g/mol. The lowest BCUT2D eigenvalue weighted by atomic mass is 9.71. The van der Waals surface area contributed by atoms with E-state index in [0.717, 1.165) is 11.0 Å². The van der Waals surface area contributed by atoms with Gasteiger partial charge in [0, 0.05) is 18.7 Å². The van der Waals surface area contributed by atoms with Crippen molar-refractivity contribution >= 4 is 29.1 Å². The molecule has 2 saturated heterocycles. The van der Waals surface area contributed by atoms with Crippen LogP contribution in [-0.4, -0.2) is 34.6 Å². The molecule has 2 bridgehead atoms. The topological polar surface area (TPSA) is 92.5 Å². The van der Waals surface area contributed by atoms with E-state index < -0.39 is 52.2 Å². The summed E-state index contributed by atoms with van der Waals surface area (Å²) in [5.74, 6) is -2.82. The number of imide groups is 1. The van der Waals surface area contributed by atoms with Gasteiger partial charge in [-0.1, -0.05) is 23.8 Å². The fourth-order valence-corrected chi connectivity index (χ4v) is 5.28. The van der Waals surface area contributed by atoms with E-state index in [9.17, 15) is 22.8 Å². The van der Waals surface area contributed by atoms with E-state index >= 15 is 0 Å². The third-order valence-corrected chi connectivity index (χ3v) is 6.91. The second kappa shape index (κ2) is 7.80. The number of amides is 2. The number of rotatable bonds is 5. The normalized spacial score (nSPS) is 29.0. The number of alkyl halides is 3. The van der Waals surface area contributed by atoms with E-state index in [1.54, 1.807) is 31.2 Å². The summed E-state index contributed by atoms with van der Waals surface area (Å²) >= 11 is 5.82. The van der Waals surface area contributed by atoms with Gasteiger partial charge in [-0.05, 0) is 31.2 Å². The molecule has 2 fully saturated rings. The van der Waals surface area contributed by atoms with Gasteiger partial charge in [0.2, 0.25) is 17.7 Å². The first-order chi connectivity index (χ1) is 16.5. The molecule has 0 spiro atoms. The highest BCUT2D eigenvalue weighted by molar-refractivity contribution is 6.30. The van der Waals surface area contributed by atoms with Gasteiger partial charge in [0.25, 0.3) is 0 Å². The molecule has 0 N–H and O–H groups in total. The fraction of sp³-hybridized carbons (Fsp3) is 0.333. The SMILES string of the molecule is CC12C=CC(CCOc3ccc(Cl)cn3)(O1)[C@@H]1C(=O)N(c3ccc(C#N)c(C(F)(F)F)c3)C(=O)[C@@H]12. The highest BCUT2D eigenvalue weighted by Crippen LogP contribution is 2.59. The zero-order valence-electron chi connectivity index (χ0n) is 18.2. The summed E-state index contributed by atoms with van der Waals surface area (Å²) in [6.07, 6.45) is 0.240. The summed E-state index contributed by atoms with van der Waals surface area (Å²) < 4.78 is 52.3. The molecule has 5 rings (SSSR count). The second-order valence-corrected chi connectivity index (χ2v) is 9.23. The Morgan fingerprint density at radius 2 is 1.94 bits per heavy atom. The van der Waals surface area contributed by atoms with Crippen LogP contribution < -0.4 is 9.64 Å². The quantitative estimate of drug-likeness (QED) is 0.446. The van der Waals surface area contributed by atoms with Crippen molar-refractivity contribution in [1.82, 2.24) is 4.98 Å². The maximum absolute atomic E-state index is 13.5. The number of pyridine rings is 1. The van der Waals surface area contributed by atoms with Crippen molar-refractivity contribution < 1.29 is 32.2 Å². The molecular formula is C24H17ClF3N3O4. The monoisotopic (exact) mass is 503 g/mol. The zero-order valence-corrected chi connectivity index (χ0v) is 18.9. The summed E-state index contributed by atoms with van der Waals surface area (Å²) in [5, 5.41) is 9.50. The minimum atomic E-state index is -4.83. The molecule has 3 aliphatic heterocycles. The molecule has 0 saturated carbocycles. The molecule has 180 valence electrons. The highest BCUT2D eigenvalue weighted by atomic mass is 35.5. The Hall–Kier alpha value is -3.42. The van der Waals surface area contributed by atoms with Gasteiger partial charge < -0.3 is 9.47 Å². The molecule has 7 nitrogen and oxygen atoms in total. The van der Waals surface area contributed by atoms with Crippen LogP contribution in [0, 0.1) is 23.2 Å². The summed E-state index contributed by atoms with van der Waals surface area (Å²) in [7, 11) is 0. The van der Waals surface area contributed by atoms with Gasteiger partial charge >= 0.3 is 6.18 Å². The molecule has 2 unspecified atom stereocenters. The lowest BCUT2D eigenvalue weighted by Crippen LogP contribution is -2.42. The average Bonchev–Trinajstić information content (AvgIpc) is 3.38. The lowest BCUT2D eigenvalue weighted by molar-refractivity contribution is -0.138. The number of nitriles is 1. The number of fused-ring (bicyclic) bond motifs is 5. The Bertz CT molecular complexity index is 1310. The molecule has 35 heavy (non-hydrogen) atoms. The Kier molecular flexibility index (Phi) is 5.20. The van der Waals surface area contributed by atoms with Crippen LogP contribution in [0.2, 0.25) is 5.02 Å². The third kappa shape index (κ3) is 3.58. The van der Waals surface area contributed by atoms with Gasteiger partial charge in [0.05, 0.1) is 51.9 Å². The lowest BCUT2D eigenvalue weighted by Gasteiger charge is -2.29. The molecule has 3 aliphatic rings. The van der Waals surface area contributed by atoms with E-state index in [1.165, 1.54) is 18.3 Å². The van der Waals surface area contributed by atoms with Crippen molar-refractivity contribution in [3.8, 4) is 11.9 Å². The smallest absolute Gasteiger partial charge is 0.417 e. The van der Waals surface area contributed by atoms with Gasteiger partial charge in [-0.3, -0.25) is 9.59 Å². The Balaban J connectivity index is 1.44. The number of anilines is 1. The van der Waals surface area contributed by atoms with Crippen molar-refractivity contribution in [1.29, 1.82) is 5.26 Å². The zero-order chi connectivity index (χ0) is 25.2. The van der Waals surface area contributed by atoms with Gasteiger partial charge in [-0.15, -0.1) is 0 Å². The van der Waals surface area contributed by atoms with Crippen molar-refractivity contribution in [2.45, 2.75) is 30.7 Å². The summed E-state index contributed by atoms with van der Waals surface area (Å²) in [6, 6.07) is 7.48. The molecule has 4 atom stereocenters. The number of benzene rings is 1. The number of nitrogens with zero attached hydrogens (tertiary/aromatic N) is 3. The first-order valence-corrected chi connectivity index (χ1v) is 11.0. The third-order valence-electron chi connectivity index (χ3n) is 6.69. The molecule has 1 aromatic heterocycles. The van der Waals surface area contributed by atoms with Crippen LogP contribution in [0.25, 0.3) is 0 Å². The van der Waals surface area contributed by atoms with Crippen molar-refractivity contribution in [3.05, 3.63) is 64.8 Å². The van der Waals surface area contributed by atoms with Gasteiger partial charge in [-0.2, -0.15) is 18.4 Å². The fourth-order valence-electron chi connectivity index (χ4n) is 5.17. The van der Waals surface area contributed by atoms with E-state index in [-0.39, 0.29) is 18.7 Å². The van der Waals surface area contributed by atoms with Crippen LogP contribution in [0.1, 0.15) is 24.5 Å². The molecule has 0 aliphatic carbocycles. The molecule has 2 amide bonds. The van der Waals surface area contributed by atoms with Crippen LogP contribution in [0.15, 0.2) is 48.7 Å². The van der Waals surface area contributed by atoms with Gasteiger partial charge in [0.1, 0.15) is 5.60 Å². The van der Waals surface area contributed by atoms with E-state index in [1.807, 2.05) is 0 Å². The number of halogens is 4. The summed E-state index contributed by atoms with van der Waals surface area (Å²) in [6.45, 7) is 1.78.